The van der Waals surface area contributed by atoms with E-state index in [9.17, 15) is 4.79 Å². The highest BCUT2D eigenvalue weighted by atomic mass is 16.6. The van der Waals surface area contributed by atoms with Crippen molar-refractivity contribution >= 4 is 5.78 Å². The molecule has 0 bridgehead atoms. The topological polar surface area (TPSA) is 44.8 Å². The summed E-state index contributed by atoms with van der Waals surface area (Å²) < 4.78 is 16.0. The third kappa shape index (κ3) is 3.89. The Morgan fingerprint density at radius 1 is 1.20 bits per heavy atom. The Kier molecular flexibility index (Phi) is 5.83. The van der Waals surface area contributed by atoms with Crippen LogP contribution in [-0.4, -0.2) is 44.4 Å². The smallest absolute Gasteiger partial charge is 0.166 e. The van der Waals surface area contributed by atoms with Crippen molar-refractivity contribution in [2.45, 2.75) is 38.9 Å². The fourth-order valence-corrected chi connectivity index (χ4v) is 1.50. The molecule has 0 aromatic carbocycles. The lowest BCUT2D eigenvalue weighted by atomic mass is 9.90. The molecular formula is C11H20O4. The second-order valence-corrected chi connectivity index (χ2v) is 3.57. The van der Waals surface area contributed by atoms with Gasteiger partial charge in [0.15, 0.2) is 5.78 Å². The van der Waals surface area contributed by atoms with Crippen LogP contribution >= 0.6 is 0 Å². The maximum Gasteiger partial charge on any atom is 0.166 e. The van der Waals surface area contributed by atoms with Gasteiger partial charge in [-0.25, -0.2) is 0 Å². The van der Waals surface area contributed by atoms with Crippen molar-refractivity contribution in [3.05, 3.63) is 0 Å². The number of carbonyl (C=O) groups is 1. The zero-order valence-electron chi connectivity index (χ0n) is 9.53. The molecule has 0 aliphatic heterocycles. The van der Waals surface area contributed by atoms with E-state index in [1.807, 2.05) is 6.92 Å². The molecule has 2 unspecified atom stereocenters. The van der Waals surface area contributed by atoms with Crippen LogP contribution in [-0.2, 0) is 19.0 Å². The number of Topliss-reactive ketones (excluding diaryl/α,β-unsaturated/α-hetero) is 1. The molecule has 1 aliphatic rings. The minimum Gasteiger partial charge on any atom is -0.379 e. The minimum atomic E-state index is -0.332. The summed E-state index contributed by atoms with van der Waals surface area (Å²) in [5.74, 6) is 0.149. The van der Waals surface area contributed by atoms with Crippen LogP contribution in [0.25, 0.3) is 0 Å². The van der Waals surface area contributed by atoms with E-state index in [1.165, 1.54) is 0 Å². The molecule has 0 aromatic rings. The van der Waals surface area contributed by atoms with Gasteiger partial charge in [0.2, 0.25) is 0 Å². The SMILES string of the molecule is CCCOCCOC1CC(=O)C1OCC. The molecule has 1 fully saturated rings. The van der Waals surface area contributed by atoms with Gasteiger partial charge in [-0.1, -0.05) is 6.92 Å². The Bertz CT molecular complexity index is 193. The molecule has 0 aromatic heterocycles. The molecule has 1 rings (SSSR count). The average molecular weight is 216 g/mol. The van der Waals surface area contributed by atoms with Crippen LogP contribution < -0.4 is 0 Å². The van der Waals surface area contributed by atoms with Gasteiger partial charge in [-0.15, -0.1) is 0 Å². The van der Waals surface area contributed by atoms with E-state index in [0.29, 0.717) is 26.2 Å². The van der Waals surface area contributed by atoms with Crippen LogP contribution in [0, 0.1) is 0 Å². The zero-order valence-corrected chi connectivity index (χ0v) is 9.53. The van der Waals surface area contributed by atoms with Crippen molar-refractivity contribution in [1.29, 1.82) is 0 Å². The van der Waals surface area contributed by atoms with Crippen molar-refractivity contribution in [2.24, 2.45) is 0 Å². The van der Waals surface area contributed by atoms with Crippen molar-refractivity contribution in [2.75, 3.05) is 26.4 Å². The number of hydrogen-bond donors (Lipinski definition) is 0. The highest BCUT2D eigenvalue weighted by Gasteiger charge is 2.41. The molecule has 0 spiro atoms. The molecule has 15 heavy (non-hydrogen) atoms. The summed E-state index contributed by atoms with van der Waals surface area (Å²) in [4.78, 5) is 11.1. The fourth-order valence-electron chi connectivity index (χ4n) is 1.50. The summed E-state index contributed by atoms with van der Waals surface area (Å²) in [7, 11) is 0. The number of ketones is 1. The maximum absolute atomic E-state index is 11.1. The summed E-state index contributed by atoms with van der Waals surface area (Å²) in [6.45, 7) is 6.41. The molecule has 4 nitrogen and oxygen atoms in total. The van der Waals surface area contributed by atoms with Gasteiger partial charge < -0.3 is 14.2 Å². The zero-order chi connectivity index (χ0) is 11.1. The van der Waals surface area contributed by atoms with Crippen molar-refractivity contribution in [1.82, 2.24) is 0 Å². The molecule has 0 radical (unpaired) electrons. The van der Waals surface area contributed by atoms with E-state index in [4.69, 9.17) is 14.2 Å². The van der Waals surface area contributed by atoms with Crippen LogP contribution in [0.5, 0.6) is 0 Å². The molecule has 88 valence electrons. The van der Waals surface area contributed by atoms with E-state index in [1.54, 1.807) is 0 Å². The molecule has 1 saturated carbocycles. The van der Waals surface area contributed by atoms with Crippen LogP contribution in [0.15, 0.2) is 0 Å². The lowest BCUT2D eigenvalue weighted by Crippen LogP contribution is -2.50. The van der Waals surface area contributed by atoms with E-state index in [0.717, 1.165) is 13.0 Å². The molecule has 4 heteroatoms. The normalized spacial score (nSPS) is 25.3. The maximum atomic E-state index is 11.1. The van der Waals surface area contributed by atoms with Gasteiger partial charge in [-0.3, -0.25) is 4.79 Å². The first-order chi connectivity index (χ1) is 7.29. The predicted octanol–water partition coefficient (Wildman–Crippen LogP) is 1.18. The monoisotopic (exact) mass is 216 g/mol. The van der Waals surface area contributed by atoms with Crippen molar-refractivity contribution in [3.8, 4) is 0 Å². The summed E-state index contributed by atoms with van der Waals surface area (Å²) in [5.41, 5.74) is 0. The van der Waals surface area contributed by atoms with Crippen LogP contribution in [0.2, 0.25) is 0 Å². The minimum absolute atomic E-state index is 0.0531. The first-order valence-electron chi connectivity index (χ1n) is 5.63. The van der Waals surface area contributed by atoms with Crippen LogP contribution in [0.3, 0.4) is 0 Å². The lowest BCUT2D eigenvalue weighted by molar-refractivity contribution is -0.166. The molecular weight excluding hydrogens is 196 g/mol. The third-order valence-electron chi connectivity index (χ3n) is 2.31. The lowest BCUT2D eigenvalue weighted by Gasteiger charge is -2.34. The average Bonchev–Trinajstić information content (AvgIpc) is 2.24. The first-order valence-corrected chi connectivity index (χ1v) is 5.63. The van der Waals surface area contributed by atoms with E-state index in [2.05, 4.69) is 6.92 Å². The number of carbonyl (C=O) groups excluding carboxylic acids is 1. The number of rotatable bonds is 8. The van der Waals surface area contributed by atoms with Crippen molar-refractivity contribution < 1.29 is 19.0 Å². The number of ether oxygens (including phenoxy) is 3. The largest absolute Gasteiger partial charge is 0.379 e. The van der Waals surface area contributed by atoms with Gasteiger partial charge >= 0.3 is 0 Å². The fraction of sp³-hybridized carbons (Fsp3) is 0.909. The quantitative estimate of drug-likeness (QED) is 0.571. The standard InChI is InChI=1S/C11H20O4/c1-3-5-13-6-7-15-10-8-9(12)11(10)14-4-2/h10-11H,3-8H2,1-2H3. The first kappa shape index (κ1) is 12.6. The van der Waals surface area contributed by atoms with Crippen LogP contribution in [0.1, 0.15) is 26.7 Å². The number of hydrogen-bond acceptors (Lipinski definition) is 4. The van der Waals surface area contributed by atoms with Crippen LogP contribution in [0.4, 0.5) is 0 Å². The molecule has 0 amide bonds. The Balaban J connectivity index is 2.04. The van der Waals surface area contributed by atoms with Gasteiger partial charge in [-0.05, 0) is 13.3 Å². The van der Waals surface area contributed by atoms with E-state index in [-0.39, 0.29) is 18.0 Å². The van der Waals surface area contributed by atoms with Gasteiger partial charge in [0.25, 0.3) is 0 Å². The van der Waals surface area contributed by atoms with E-state index < -0.39 is 0 Å². The van der Waals surface area contributed by atoms with Gasteiger partial charge in [0.05, 0.1) is 19.3 Å². The predicted molar refractivity (Wildman–Crippen MR) is 55.9 cm³/mol. The van der Waals surface area contributed by atoms with Gasteiger partial charge in [0.1, 0.15) is 6.10 Å². The highest BCUT2D eigenvalue weighted by molar-refractivity contribution is 5.90. The van der Waals surface area contributed by atoms with E-state index >= 15 is 0 Å². The van der Waals surface area contributed by atoms with Gasteiger partial charge in [0, 0.05) is 19.6 Å². The summed E-state index contributed by atoms with van der Waals surface area (Å²) >= 11 is 0. The molecule has 2 atom stereocenters. The second kappa shape index (κ2) is 6.93. The summed E-state index contributed by atoms with van der Waals surface area (Å²) in [6.07, 6.45) is 1.12. The Morgan fingerprint density at radius 2 is 2.00 bits per heavy atom. The molecule has 1 aliphatic carbocycles. The van der Waals surface area contributed by atoms with Crippen molar-refractivity contribution in [3.63, 3.8) is 0 Å². The van der Waals surface area contributed by atoms with Gasteiger partial charge in [-0.2, -0.15) is 0 Å². The summed E-state index contributed by atoms with van der Waals surface area (Å²) in [6, 6.07) is 0. The third-order valence-corrected chi connectivity index (χ3v) is 2.31. The second-order valence-electron chi connectivity index (χ2n) is 3.57. The summed E-state index contributed by atoms with van der Waals surface area (Å²) in [5, 5.41) is 0. The molecule has 0 heterocycles. The molecule has 0 saturated heterocycles. The Hall–Kier alpha value is -0.450. The Morgan fingerprint density at radius 3 is 2.60 bits per heavy atom. The molecule has 0 N–H and O–H groups in total. The highest BCUT2D eigenvalue weighted by Crippen LogP contribution is 2.22. The Labute approximate surface area is 90.9 Å².